The van der Waals surface area contributed by atoms with Crippen LogP contribution in [0.3, 0.4) is 0 Å². The van der Waals surface area contributed by atoms with Crippen LogP contribution in [0, 0.1) is 10.1 Å². The Bertz CT molecular complexity index is 1020. The van der Waals surface area contributed by atoms with Crippen LogP contribution in [0.2, 0.25) is 0 Å². The first-order chi connectivity index (χ1) is 13.1. The summed E-state index contributed by atoms with van der Waals surface area (Å²) in [6.07, 6.45) is -4.95. The quantitative estimate of drug-likeness (QED) is 0.430. The second-order valence-electron chi connectivity index (χ2n) is 5.48. The van der Waals surface area contributed by atoms with Crippen molar-refractivity contribution in [1.29, 1.82) is 0 Å². The highest BCUT2D eigenvalue weighted by molar-refractivity contribution is 6.60. The van der Waals surface area contributed by atoms with Gasteiger partial charge >= 0.3 is 6.36 Å². The fourth-order valence-electron chi connectivity index (χ4n) is 2.56. The number of benzene rings is 2. The first-order valence-electron chi connectivity index (χ1n) is 7.47. The van der Waals surface area contributed by atoms with Crippen molar-refractivity contribution in [1.82, 2.24) is 0 Å². The highest BCUT2D eigenvalue weighted by Gasteiger charge is 2.40. The van der Waals surface area contributed by atoms with Crippen molar-refractivity contribution >= 4 is 40.4 Å². The lowest BCUT2D eigenvalue weighted by atomic mass is 10.1. The van der Waals surface area contributed by atoms with E-state index in [1.807, 2.05) is 0 Å². The molecule has 7 nitrogen and oxygen atoms in total. The van der Waals surface area contributed by atoms with Crippen molar-refractivity contribution < 1.29 is 32.4 Å². The maximum atomic E-state index is 12.7. The van der Waals surface area contributed by atoms with Gasteiger partial charge in [-0.05, 0) is 29.8 Å². The third-order valence-corrected chi connectivity index (χ3v) is 4.05. The van der Waals surface area contributed by atoms with Crippen molar-refractivity contribution in [2.45, 2.75) is 6.36 Å². The van der Waals surface area contributed by atoms with Gasteiger partial charge in [-0.2, -0.15) is 0 Å². The van der Waals surface area contributed by atoms with Crippen molar-refractivity contribution in [2.24, 2.45) is 0 Å². The molecule has 0 bridgehead atoms. The van der Waals surface area contributed by atoms with Crippen LogP contribution in [0.1, 0.15) is 5.56 Å². The van der Waals surface area contributed by atoms with Gasteiger partial charge in [0.05, 0.1) is 16.2 Å². The van der Waals surface area contributed by atoms with E-state index in [-0.39, 0.29) is 22.5 Å². The van der Waals surface area contributed by atoms with E-state index >= 15 is 0 Å². The number of non-ortho nitro benzene ring substituents is 1. The summed E-state index contributed by atoms with van der Waals surface area (Å²) in [4.78, 5) is 35.8. The molecule has 0 aromatic heterocycles. The van der Waals surface area contributed by atoms with E-state index in [2.05, 4.69) is 4.74 Å². The minimum Gasteiger partial charge on any atom is -0.406 e. The molecule has 0 saturated carbocycles. The highest BCUT2D eigenvalue weighted by Crippen LogP contribution is 2.36. The van der Waals surface area contributed by atoms with Gasteiger partial charge in [0, 0.05) is 18.2 Å². The Hall–Kier alpha value is -3.40. The van der Waals surface area contributed by atoms with Gasteiger partial charge in [0.2, 0.25) is 0 Å². The van der Waals surface area contributed by atoms with Crippen molar-refractivity contribution in [3.63, 3.8) is 0 Å². The predicted octanol–water partition coefficient (Wildman–Crippen LogP) is 4.02. The SMILES string of the molecule is O=C1C(Cl)=C(c2ccc([N+](=O)[O-])cc2)C(=O)N1c1cccc(OC(F)(F)F)c1. The molecule has 0 radical (unpaired) electrons. The van der Waals surface area contributed by atoms with Crippen LogP contribution in [-0.2, 0) is 9.59 Å². The van der Waals surface area contributed by atoms with Gasteiger partial charge in [-0.15, -0.1) is 13.2 Å². The van der Waals surface area contributed by atoms with Gasteiger partial charge < -0.3 is 4.74 Å². The maximum absolute atomic E-state index is 12.7. The lowest BCUT2D eigenvalue weighted by Crippen LogP contribution is -2.31. The third-order valence-electron chi connectivity index (χ3n) is 3.70. The molecule has 0 unspecified atom stereocenters. The van der Waals surface area contributed by atoms with Crippen LogP contribution in [-0.4, -0.2) is 23.1 Å². The number of nitro benzene ring substituents is 1. The standard InChI is InChI=1S/C17H8ClF3N2O5/c18-14-13(9-4-6-10(7-5-9)23(26)27)15(24)22(16(14)25)11-2-1-3-12(8-11)28-17(19,20)21/h1-8H. The minimum absolute atomic E-state index is 0.152. The van der Waals surface area contributed by atoms with E-state index in [0.29, 0.717) is 4.90 Å². The molecule has 0 fully saturated rings. The number of halogens is 4. The molecular weight excluding hydrogens is 405 g/mol. The molecule has 2 aromatic rings. The number of nitro groups is 1. The van der Waals surface area contributed by atoms with Crippen LogP contribution >= 0.6 is 11.6 Å². The molecular formula is C17H8ClF3N2O5. The molecule has 1 heterocycles. The average Bonchev–Trinajstić information content (AvgIpc) is 2.83. The summed E-state index contributed by atoms with van der Waals surface area (Å²) >= 11 is 5.97. The Morgan fingerprint density at radius 3 is 2.25 bits per heavy atom. The topological polar surface area (TPSA) is 89.8 Å². The molecule has 1 aliphatic rings. The largest absolute Gasteiger partial charge is 0.573 e. The van der Waals surface area contributed by atoms with Crippen molar-refractivity contribution in [3.05, 3.63) is 69.2 Å². The van der Waals surface area contributed by atoms with E-state index in [0.717, 1.165) is 24.3 Å². The zero-order chi connectivity index (χ0) is 20.6. The van der Waals surface area contributed by atoms with Gasteiger partial charge in [0.1, 0.15) is 10.8 Å². The minimum atomic E-state index is -4.95. The van der Waals surface area contributed by atoms with Gasteiger partial charge in [-0.3, -0.25) is 19.7 Å². The van der Waals surface area contributed by atoms with E-state index in [9.17, 15) is 32.9 Å². The summed E-state index contributed by atoms with van der Waals surface area (Å²) in [6.45, 7) is 0. The monoisotopic (exact) mass is 412 g/mol. The average molecular weight is 413 g/mol. The van der Waals surface area contributed by atoms with Crippen molar-refractivity contribution in [2.75, 3.05) is 4.90 Å². The zero-order valence-electron chi connectivity index (χ0n) is 13.6. The summed E-state index contributed by atoms with van der Waals surface area (Å²) in [6, 6.07) is 9.04. The van der Waals surface area contributed by atoms with E-state index < -0.39 is 33.9 Å². The molecule has 1 aliphatic heterocycles. The lowest BCUT2D eigenvalue weighted by molar-refractivity contribution is -0.384. The Morgan fingerprint density at radius 2 is 1.68 bits per heavy atom. The molecule has 28 heavy (non-hydrogen) atoms. The molecule has 11 heteroatoms. The predicted molar refractivity (Wildman–Crippen MR) is 91.5 cm³/mol. The molecule has 2 amide bonds. The van der Waals surface area contributed by atoms with Gasteiger partial charge in [0.25, 0.3) is 17.5 Å². The number of hydrogen-bond acceptors (Lipinski definition) is 5. The summed E-state index contributed by atoms with van der Waals surface area (Å²) in [7, 11) is 0. The molecule has 0 spiro atoms. The van der Waals surface area contributed by atoms with E-state index in [1.54, 1.807) is 0 Å². The Morgan fingerprint density at radius 1 is 1.04 bits per heavy atom. The number of amides is 2. The summed E-state index contributed by atoms with van der Waals surface area (Å²) in [5.41, 5.74) is -0.472. The van der Waals surface area contributed by atoms with Gasteiger partial charge in [-0.25, -0.2) is 4.90 Å². The number of hydrogen-bond donors (Lipinski definition) is 0. The lowest BCUT2D eigenvalue weighted by Gasteiger charge is -2.16. The van der Waals surface area contributed by atoms with Crippen LogP contribution in [0.25, 0.3) is 5.57 Å². The molecule has 0 N–H and O–H groups in total. The molecule has 0 aliphatic carbocycles. The van der Waals surface area contributed by atoms with Crippen LogP contribution in [0.4, 0.5) is 24.5 Å². The molecule has 3 rings (SSSR count). The van der Waals surface area contributed by atoms with Crippen LogP contribution < -0.4 is 9.64 Å². The number of ether oxygens (including phenoxy) is 1. The second-order valence-corrected chi connectivity index (χ2v) is 5.86. The number of nitrogens with zero attached hydrogens (tertiary/aromatic N) is 2. The fraction of sp³-hybridized carbons (Fsp3) is 0.0588. The molecule has 0 saturated heterocycles. The van der Waals surface area contributed by atoms with Gasteiger partial charge in [-0.1, -0.05) is 17.7 Å². The molecule has 2 aromatic carbocycles. The van der Waals surface area contributed by atoms with E-state index in [1.165, 1.54) is 24.3 Å². The number of rotatable bonds is 4. The number of carbonyl (C=O) groups excluding carboxylic acids is 2. The molecule has 144 valence electrons. The first-order valence-corrected chi connectivity index (χ1v) is 7.85. The Kier molecular flexibility index (Phi) is 4.82. The summed E-state index contributed by atoms with van der Waals surface area (Å²) in [5, 5.41) is 10.3. The van der Waals surface area contributed by atoms with Crippen LogP contribution in [0.5, 0.6) is 5.75 Å². The number of carbonyl (C=O) groups is 2. The Labute approximate surface area is 159 Å². The number of imide groups is 1. The first kappa shape index (κ1) is 19.4. The van der Waals surface area contributed by atoms with Crippen LogP contribution in [0.15, 0.2) is 53.6 Å². The number of anilines is 1. The second kappa shape index (κ2) is 6.97. The fourth-order valence-corrected chi connectivity index (χ4v) is 2.83. The normalized spacial score (nSPS) is 14.6. The maximum Gasteiger partial charge on any atom is 0.573 e. The zero-order valence-corrected chi connectivity index (χ0v) is 14.3. The summed E-state index contributed by atoms with van der Waals surface area (Å²) in [5.74, 6) is -2.44. The summed E-state index contributed by atoms with van der Waals surface area (Å²) < 4.78 is 41.0. The highest BCUT2D eigenvalue weighted by atomic mass is 35.5. The number of alkyl halides is 3. The van der Waals surface area contributed by atoms with E-state index in [4.69, 9.17) is 11.6 Å². The van der Waals surface area contributed by atoms with Gasteiger partial charge in [0.15, 0.2) is 0 Å². The smallest absolute Gasteiger partial charge is 0.406 e. The molecule has 0 atom stereocenters. The van der Waals surface area contributed by atoms with Crippen molar-refractivity contribution in [3.8, 4) is 5.75 Å². The third kappa shape index (κ3) is 3.67. The Balaban J connectivity index is 1.95.